The monoisotopic (exact) mass is 344 g/mol. The van der Waals surface area contributed by atoms with E-state index in [9.17, 15) is 9.90 Å². The second-order valence-corrected chi connectivity index (χ2v) is 6.02. The van der Waals surface area contributed by atoms with Crippen molar-refractivity contribution in [3.8, 4) is 11.5 Å². The third kappa shape index (κ3) is 6.95. The predicted octanol–water partition coefficient (Wildman–Crippen LogP) is 1.58. The van der Waals surface area contributed by atoms with E-state index in [-0.39, 0.29) is 12.4 Å². The highest BCUT2D eigenvalue weighted by Gasteiger charge is 2.08. The molecule has 0 aliphatic carbocycles. The van der Waals surface area contributed by atoms with Crippen LogP contribution in [0.1, 0.15) is 22.8 Å². The van der Waals surface area contributed by atoms with Gasteiger partial charge in [0.25, 0.3) is 0 Å². The number of Topliss-reactive ketones (excluding diaryl/α,β-unsaturated/α-hetero) is 1. The Morgan fingerprint density at radius 1 is 1.12 bits per heavy atom. The maximum atomic E-state index is 11.3. The molecule has 134 valence electrons. The topological polar surface area (TPSA) is 72.4 Å². The van der Waals surface area contributed by atoms with Crippen LogP contribution < -0.4 is 14.8 Å². The summed E-state index contributed by atoms with van der Waals surface area (Å²) in [5.74, 6) is 1.44. The van der Waals surface area contributed by atoms with Gasteiger partial charge in [0.15, 0.2) is 5.78 Å². The molecule has 0 unspecified atom stereocenters. The van der Waals surface area contributed by atoms with Crippen LogP contribution in [0, 0.1) is 6.92 Å². The summed E-state index contributed by atoms with van der Waals surface area (Å²) in [5, 5.41) is 12.0. The van der Waals surface area contributed by atoms with E-state index >= 15 is 0 Å². The Labute approximate surface area is 148 Å². The summed E-state index contributed by atoms with van der Waals surface area (Å²) in [5.41, 5.74) is 1.81. The van der Waals surface area contributed by atoms with E-state index in [1.165, 1.54) is 12.5 Å². The number of ether oxygens (including phenoxy) is 2. The van der Waals surface area contributed by atoms with Crippen LogP contribution >= 0.6 is 0 Å². The van der Waals surface area contributed by atoms with Gasteiger partial charge in [-0.15, -0.1) is 0 Å². The molecule has 2 aromatic rings. The molecule has 0 spiro atoms. The first-order valence-electron chi connectivity index (χ1n) is 8.47. The van der Waals surface area contributed by atoms with Gasteiger partial charge in [-0.3, -0.25) is 4.79 Å². The molecule has 5 nitrogen and oxygen atoms in total. The lowest BCUT2D eigenvalue weighted by Gasteiger charge is -2.12. The minimum Gasteiger partial charge on any atom is -0.491 e. The maximum absolute atomic E-state index is 11.3. The Hall–Kier alpha value is -2.37. The van der Waals surface area contributed by atoms with Crippen molar-refractivity contribution in [2.45, 2.75) is 20.0 Å². The van der Waals surface area contributed by atoms with Crippen LogP contribution in [0.15, 0.2) is 48.5 Å². The number of quaternary nitrogens is 1. The van der Waals surface area contributed by atoms with Crippen molar-refractivity contribution in [1.82, 2.24) is 0 Å². The van der Waals surface area contributed by atoms with E-state index < -0.39 is 6.10 Å². The average Bonchev–Trinajstić information content (AvgIpc) is 2.61. The summed E-state index contributed by atoms with van der Waals surface area (Å²) in [7, 11) is 0. The standard InChI is InChI=1S/C20H25NO4/c1-15-6-8-19(9-7-15)24-11-10-21-13-18(23)14-25-20-5-3-4-17(12-20)16(2)22/h3-9,12,18,21,23H,10-11,13-14H2,1-2H3/p+1/t18-/m0/s1. The van der Waals surface area contributed by atoms with E-state index in [0.29, 0.717) is 24.5 Å². The number of rotatable bonds is 10. The largest absolute Gasteiger partial charge is 0.491 e. The number of ketones is 1. The van der Waals surface area contributed by atoms with E-state index in [1.807, 2.05) is 36.5 Å². The van der Waals surface area contributed by atoms with Crippen LogP contribution in [0.25, 0.3) is 0 Å². The third-order valence-electron chi connectivity index (χ3n) is 3.73. The summed E-state index contributed by atoms with van der Waals surface area (Å²) in [6.45, 7) is 5.61. The van der Waals surface area contributed by atoms with Gasteiger partial charge >= 0.3 is 0 Å². The van der Waals surface area contributed by atoms with E-state index in [2.05, 4.69) is 0 Å². The number of nitrogens with two attached hydrogens (primary N) is 1. The van der Waals surface area contributed by atoms with Crippen LogP contribution in [0.2, 0.25) is 0 Å². The Morgan fingerprint density at radius 3 is 2.60 bits per heavy atom. The van der Waals surface area contributed by atoms with E-state index in [0.717, 1.165) is 12.3 Å². The number of benzene rings is 2. The highest BCUT2D eigenvalue weighted by Crippen LogP contribution is 2.14. The Kier molecular flexibility index (Phi) is 7.44. The lowest BCUT2D eigenvalue weighted by Crippen LogP contribution is -2.87. The Bertz CT molecular complexity index is 670. The van der Waals surface area contributed by atoms with Crippen LogP contribution in [-0.4, -0.2) is 43.3 Å². The molecule has 0 radical (unpaired) electrons. The molecule has 0 bridgehead atoms. The zero-order valence-electron chi connectivity index (χ0n) is 14.8. The van der Waals surface area contributed by atoms with Crippen LogP contribution in [0.5, 0.6) is 11.5 Å². The van der Waals surface area contributed by atoms with Crippen molar-refractivity contribution in [3.63, 3.8) is 0 Å². The van der Waals surface area contributed by atoms with Gasteiger partial charge in [0.05, 0.1) is 0 Å². The molecule has 3 N–H and O–H groups in total. The highest BCUT2D eigenvalue weighted by atomic mass is 16.5. The van der Waals surface area contributed by atoms with Gasteiger partial charge in [0.1, 0.15) is 43.9 Å². The quantitative estimate of drug-likeness (QED) is 0.507. The fraction of sp³-hybridized carbons (Fsp3) is 0.350. The zero-order valence-corrected chi connectivity index (χ0v) is 14.8. The predicted molar refractivity (Wildman–Crippen MR) is 96.3 cm³/mol. The number of hydrogen-bond acceptors (Lipinski definition) is 4. The van der Waals surface area contributed by atoms with Crippen LogP contribution in [-0.2, 0) is 0 Å². The number of aliphatic hydroxyl groups is 1. The Balaban J connectivity index is 1.60. The second kappa shape index (κ2) is 9.81. The summed E-state index contributed by atoms with van der Waals surface area (Å²) in [4.78, 5) is 11.3. The summed E-state index contributed by atoms with van der Waals surface area (Å²) in [6, 6.07) is 14.9. The SMILES string of the molecule is CC(=O)c1cccc(OC[C@@H](O)C[NH2+]CCOc2ccc(C)cc2)c1. The number of aliphatic hydroxyl groups excluding tert-OH is 1. The lowest BCUT2D eigenvalue weighted by atomic mass is 10.1. The van der Waals surface area contributed by atoms with Crippen molar-refractivity contribution < 1.29 is 24.7 Å². The number of carbonyl (C=O) groups is 1. The van der Waals surface area contributed by atoms with Gasteiger partial charge in [-0.1, -0.05) is 29.8 Å². The molecular formula is C20H26NO4+. The molecular weight excluding hydrogens is 318 g/mol. The molecule has 0 fully saturated rings. The van der Waals surface area contributed by atoms with Crippen molar-refractivity contribution in [2.75, 3.05) is 26.3 Å². The minimum atomic E-state index is -0.583. The summed E-state index contributed by atoms with van der Waals surface area (Å²) < 4.78 is 11.2. The molecule has 5 heteroatoms. The molecule has 0 aliphatic heterocycles. The minimum absolute atomic E-state index is 0.00657. The van der Waals surface area contributed by atoms with Gasteiger partial charge in [-0.05, 0) is 38.1 Å². The van der Waals surface area contributed by atoms with Gasteiger partial charge < -0.3 is 19.9 Å². The van der Waals surface area contributed by atoms with Gasteiger partial charge in [-0.25, -0.2) is 0 Å². The zero-order chi connectivity index (χ0) is 18.1. The molecule has 0 saturated heterocycles. The van der Waals surface area contributed by atoms with Gasteiger partial charge in [-0.2, -0.15) is 0 Å². The van der Waals surface area contributed by atoms with Gasteiger partial charge in [0.2, 0.25) is 0 Å². The maximum Gasteiger partial charge on any atom is 0.159 e. The van der Waals surface area contributed by atoms with E-state index in [4.69, 9.17) is 9.47 Å². The third-order valence-corrected chi connectivity index (χ3v) is 3.73. The smallest absolute Gasteiger partial charge is 0.159 e. The number of carbonyl (C=O) groups excluding carboxylic acids is 1. The fourth-order valence-electron chi connectivity index (χ4n) is 2.27. The number of aryl methyl sites for hydroxylation is 1. The molecule has 1 atom stereocenters. The van der Waals surface area contributed by atoms with Crippen molar-refractivity contribution in [3.05, 3.63) is 59.7 Å². The molecule has 2 aromatic carbocycles. The average molecular weight is 344 g/mol. The van der Waals surface area contributed by atoms with Crippen LogP contribution in [0.3, 0.4) is 0 Å². The molecule has 0 heterocycles. The van der Waals surface area contributed by atoms with Crippen molar-refractivity contribution >= 4 is 5.78 Å². The fourth-order valence-corrected chi connectivity index (χ4v) is 2.27. The van der Waals surface area contributed by atoms with E-state index in [1.54, 1.807) is 24.3 Å². The highest BCUT2D eigenvalue weighted by molar-refractivity contribution is 5.94. The van der Waals surface area contributed by atoms with Crippen molar-refractivity contribution in [2.24, 2.45) is 0 Å². The summed E-state index contributed by atoms with van der Waals surface area (Å²) in [6.07, 6.45) is -0.583. The molecule has 0 saturated carbocycles. The summed E-state index contributed by atoms with van der Waals surface area (Å²) >= 11 is 0. The molecule has 0 aromatic heterocycles. The van der Waals surface area contributed by atoms with Crippen LogP contribution in [0.4, 0.5) is 0 Å². The first-order chi connectivity index (χ1) is 12.0. The van der Waals surface area contributed by atoms with Crippen molar-refractivity contribution in [1.29, 1.82) is 0 Å². The Morgan fingerprint density at radius 2 is 1.88 bits per heavy atom. The molecule has 25 heavy (non-hydrogen) atoms. The normalized spacial score (nSPS) is 11.8. The molecule has 2 rings (SSSR count). The molecule has 0 aliphatic rings. The lowest BCUT2D eigenvalue weighted by molar-refractivity contribution is -0.661. The second-order valence-electron chi connectivity index (χ2n) is 6.02. The molecule has 0 amide bonds. The first-order valence-corrected chi connectivity index (χ1v) is 8.47. The number of hydrogen-bond donors (Lipinski definition) is 2. The van der Waals surface area contributed by atoms with Gasteiger partial charge in [0, 0.05) is 5.56 Å². The first kappa shape index (κ1) is 19.0.